The van der Waals surface area contributed by atoms with Crippen molar-refractivity contribution < 1.29 is 18.3 Å². The largest absolute Gasteiger partial charge is 0.614 e. The molecule has 0 saturated carbocycles. The summed E-state index contributed by atoms with van der Waals surface area (Å²) in [6, 6.07) is 1.61. The molecule has 0 bridgehead atoms. The van der Waals surface area contributed by atoms with Crippen molar-refractivity contribution in [2.24, 2.45) is 5.92 Å². The van der Waals surface area contributed by atoms with Gasteiger partial charge in [-0.15, -0.1) is 4.21 Å². The maximum Gasteiger partial charge on any atom is 0.278 e. The molecule has 7 nitrogen and oxygen atoms in total. The molecule has 3 rings (SSSR count). The predicted molar refractivity (Wildman–Crippen MR) is 103 cm³/mol. The molecule has 1 aromatic rings. The lowest BCUT2D eigenvalue weighted by Gasteiger charge is -2.47. The maximum atomic E-state index is 13.1. The summed E-state index contributed by atoms with van der Waals surface area (Å²) >= 11 is 0. The SMILES string of the molecule is COc1cncc(CN2C[C@H]3[C@H](C2)[S+](=O)([O-])C(C)(C)C(=O)N3CC(C)C)c1. The van der Waals surface area contributed by atoms with Gasteiger partial charge in [0.25, 0.3) is 5.91 Å². The number of carbonyl (C=O) groups is 1. The van der Waals surface area contributed by atoms with Gasteiger partial charge in [-0.2, -0.15) is 0 Å². The minimum Gasteiger partial charge on any atom is -0.614 e. The van der Waals surface area contributed by atoms with Gasteiger partial charge in [0.1, 0.15) is 5.75 Å². The quantitative estimate of drug-likeness (QED) is 0.703. The molecule has 0 aliphatic carbocycles. The van der Waals surface area contributed by atoms with Crippen LogP contribution in [0.2, 0.25) is 0 Å². The molecule has 150 valence electrons. The van der Waals surface area contributed by atoms with E-state index in [0.717, 1.165) is 5.56 Å². The molecule has 2 aliphatic heterocycles. The van der Waals surface area contributed by atoms with E-state index in [9.17, 15) is 13.6 Å². The lowest BCUT2D eigenvalue weighted by molar-refractivity contribution is -0.137. The molecule has 2 saturated heterocycles. The summed E-state index contributed by atoms with van der Waals surface area (Å²) in [4.78, 5) is 21.1. The standard InChI is InChI=1S/C19H29N3O4S/c1-13(2)9-22-16-11-21(10-14-6-15(26-5)8-20-7-14)12-17(16)27(24,25)19(3,4)18(22)23/h6-8,13,16-17H,9-12H2,1-5H3/t16-,17-/m0/s1. The topological polar surface area (TPSA) is 85.8 Å². The minimum atomic E-state index is -3.57. The summed E-state index contributed by atoms with van der Waals surface area (Å²) < 4.78 is 30.1. The third-order valence-corrected chi connectivity index (χ3v) is 8.43. The van der Waals surface area contributed by atoms with Crippen LogP contribution < -0.4 is 4.74 Å². The number of likely N-dealkylation sites (tertiary alicyclic amines) is 1. The predicted octanol–water partition coefficient (Wildman–Crippen LogP) is 1.55. The van der Waals surface area contributed by atoms with Crippen LogP contribution in [-0.4, -0.2) is 68.0 Å². The Morgan fingerprint density at radius 2 is 2.07 bits per heavy atom. The van der Waals surface area contributed by atoms with Gasteiger partial charge in [0.2, 0.25) is 4.75 Å². The van der Waals surface area contributed by atoms with Crippen molar-refractivity contribution in [2.45, 2.75) is 50.3 Å². The summed E-state index contributed by atoms with van der Waals surface area (Å²) in [7, 11) is -1.98. The lowest BCUT2D eigenvalue weighted by atomic mass is 10.1. The van der Waals surface area contributed by atoms with E-state index in [2.05, 4.69) is 9.88 Å². The van der Waals surface area contributed by atoms with E-state index >= 15 is 0 Å². The number of methoxy groups -OCH3 is 1. The van der Waals surface area contributed by atoms with Crippen LogP contribution in [0, 0.1) is 5.92 Å². The third kappa shape index (κ3) is 3.50. The summed E-state index contributed by atoms with van der Waals surface area (Å²) in [5.74, 6) is 0.680. The molecule has 3 atom stereocenters. The number of carbonyl (C=O) groups excluding carboxylic acids is 1. The molecule has 2 aliphatic rings. The zero-order valence-corrected chi connectivity index (χ0v) is 17.5. The molecule has 0 radical (unpaired) electrons. The van der Waals surface area contributed by atoms with Gasteiger partial charge >= 0.3 is 0 Å². The first-order chi connectivity index (χ1) is 12.6. The molecule has 0 spiro atoms. The van der Waals surface area contributed by atoms with E-state index in [1.54, 1.807) is 38.3 Å². The van der Waals surface area contributed by atoms with E-state index < -0.39 is 20.2 Å². The van der Waals surface area contributed by atoms with Gasteiger partial charge in [0, 0.05) is 32.4 Å². The average Bonchev–Trinajstić information content (AvgIpc) is 3.02. The highest BCUT2D eigenvalue weighted by atomic mass is 32.3. The van der Waals surface area contributed by atoms with Crippen molar-refractivity contribution in [1.82, 2.24) is 14.8 Å². The second kappa shape index (κ2) is 7.14. The number of amides is 1. The number of sulfone groups is 1. The third-order valence-electron chi connectivity index (χ3n) is 5.57. The van der Waals surface area contributed by atoms with E-state index in [1.165, 1.54) is 0 Å². The van der Waals surface area contributed by atoms with Crippen molar-refractivity contribution in [3.05, 3.63) is 24.0 Å². The van der Waals surface area contributed by atoms with Crippen LogP contribution in [0.4, 0.5) is 0 Å². The Kier molecular flexibility index (Phi) is 5.35. The van der Waals surface area contributed by atoms with Crippen LogP contribution in [0.5, 0.6) is 5.75 Å². The molecule has 0 N–H and O–H groups in total. The van der Waals surface area contributed by atoms with E-state index in [0.29, 0.717) is 31.9 Å². The van der Waals surface area contributed by atoms with Gasteiger partial charge in [0.05, 0.1) is 29.6 Å². The fraction of sp³-hybridized carbons (Fsp3) is 0.684. The number of hydrogen-bond donors (Lipinski definition) is 0. The summed E-state index contributed by atoms with van der Waals surface area (Å²) in [6.45, 7) is 9.32. The number of fused-ring (bicyclic) bond motifs is 1. The Morgan fingerprint density at radius 1 is 1.37 bits per heavy atom. The normalized spacial score (nSPS) is 30.6. The highest BCUT2D eigenvalue weighted by molar-refractivity contribution is 8.00. The Balaban J connectivity index is 1.87. The van der Waals surface area contributed by atoms with Crippen molar-refractivity contribution in [3.63, 3.8) is 0 Å². The van der Waals surface area contributed by atoms with Crippen LogP contribution in [0.25, 0.3) is 0 Å². The Labute approximate surface area is 162 Å². The fourth-order valence-corrected chi connectivity index (χ4v) is 6.27. The van der Waals surface area contributed by atoms with Crippen LogP contribution in [0.15, 0.2) is 18.5 Å². The average molecular weight is 396 g/mol. The highest BCUT2D eigenvalue weighted by Crippen LogP contribution is 2.41. The molecule has 8 heteroatoms. The van der Waals surface area contributed by atoms with Crippen LogP contribution in [0.3, 0.4) is 0 Å². The molecular weight excluding hydrogens is 366 g/mol. The monoisotopic (exact) mass is 395 g/mol. The maximum absolute atomic E-state index is 13.1. The van der Waals surface area contributed by atoms with Gasteiger partial charge in [-0.1, -0.05) is 13.8 Å². The Morgan fingerprint density at radius 3 is 2.70 bits per heavy atom. The first kappa shape index (κ1) is 20.2. The van der Waals surface area contributed by atoms with E-state index in [-0.39, 0.29) is 17.9 Å². The number of nitrogens with zero attached hydrogens (tertiary/aromatic N) is 3. The highest BCUT2D eigenvalue weighted by Gasteiger charge is 2.63. The molecular formula is C19H29N3O4S. The lowest BCUT2D eigenvalue weighted by Crippen LogP contribution is -2.68. The summed E-state index contributed by atoms with van der Waals surface area (Å²) in [6.07, 6.45) is 3.41. The van der Waals surface area contributed by atoms with E-state index in [1.807, 2.05) is 19.9 Å². The molecule has 27 heavy (non-hydrogen) atoms. The van der Waals surface area contributed by atoms with Gasteiger partial charge in [-0.25, -0.2) is 0 Å². The number of pyridine rings is 1. The molecule has 1 aromatic heterocycles. The van der Waals surface area contributed by atoms with Crippen molar-refractivity contribution in [3.8, 4) is 5.75 Å². The smallest absolute Gasteiger partial charge is 0.278 e. The summed E-state index contributed by atoms with van der Waals surface area (Å²) in [5, 5.41) is -0.553. The van der Waals surface area contributed by atoms with Gasteiger partial charge in [-0.05, 0) is 31.4 Å². The number of rotatable bonds is 5. The Hall–Kier alpha value is -1.51. The second-order valence-electron chi connectivity index (χ2n) is 8.44. The van der Waals surface area contributed by atoms with Crippen LogP contribution >= 0.6 is 0 Å². The number of ether oxygens (including phenoxy) is 1. The van der Waals surface area contributed by atoms with Gasteiger partial charge in [0.15, 0.2) is 5.25 Å². The van der Waals surface area contributed by atoms with Gasteiger partial charge in [-0.3, -0.25) is 14.7 Å². The van der Waals surface area contributed by atoms with Crippen molar-refractivity contribution in [1.29, 1.82) is 0 Å². The molecule has 0 aromatic carbocycles. The second-order valence-corrected chi connectivity index (χ2v) is 11.2. The molecule has 2 fully saturated rings. The minimum absolute atomic E-state index is 0.276. The molecule has 1 unspecified atom stereocenters. The zero-order valence-electron chi connectivity index (χ0n) is 16.7. The first-order valence-corrected chi connectivity index (χ1v) is 10.9. The zero-order chi connectivity index (χ0) is 20.0. The van der Waals surface area contributed by atoms with Crippen molar-refractivity contribution >= 4 is 16.1 Å². The van der Waals surface area contributed by atoms with Gasteiger partial charge < -0.3 is 14.2 Å². The molecule has 3 heterocycles. The van der Waals surface area contributed by atoms with Crippen LogP contribution in [0.1, 0.15) is 33.3 Å². The van der Waals surface area contributed by atoms with Crippen molar-refractivity contribution in [2.75, 3.05) is 26.7 Å². The van der Waals surface area contributed by atoms with E-state index in [4.69, 9.17) is 4.74 Å². The summed E-state index contributed by atoms with van der Waals surface area (Å²) in [5.41, 5.74) is 0.964. The van der Waals surface area contributed by atoms with Crippen LogP contribution in [-0.2, 0) is 25.8 Å². The first-order valence-electron chi connectivity index (χ1n) is 9.32. The molecule has 1 amide bonds. The Bertz CT molecular complexity index is 767. The number of hydrogen-bond acceptors (Lipinski definition) is 6. The fourth-order valence-electron chi connectivity index (χ4n) is 4.09. The number of aromatic nitrogens is 1.